The first-order valence-corrected chi connectivity index (χ1v) is 11.8. The average Bonchev–Trinajstić information content (AvgIpc) is 2.61. The molecule has 0 heterocycles. The van der Waals surface area contributed by atoms with Crippen LogP contribution < -0.4 is 5.73 Å². The van der Waals surface area contributed by atoms with Crippen LogP contribution in [0.3, 0.4) is 0 Å². The fraction of sp³-hybridized carbons (Fsp3) is 0.519. The van der Waals surface area contributed by atoms with Gasteiger partial charge in [0, 0.05) is 10.4 Å². The highest BCUT2D eigenvalue weighted by Crippen LogP contribution is 2.42. The van der Waals surface area contributed by atoms with E-state index in [1.165, 1.54) is 0 Å². The van der Waals surface area contributed by atoms with E-state index in [0.29, 0.717) is 5.75 Å². The highest BCUT2D eigenvalue weighted by molar-refractivity contribution is 9.10. The molecule has 0 fully saturated rings. The number of rotatable bonds is 4. The molecule has 176 valence electrons. The SMILES string of the molecule is CC(C)(C)OC(=O)[C@@H](N)[C@@H](c1ccc(Br)cc1)c1cc(C(C)(C)C)c(O)c(C(C)(C)C)c1. The summed E-state index contributed by atoms with van der Waals surface area (Å²) < 4.78 is 6.59. The van der Waals surface area contributed by atoms with E-state index in [9.17, 15) is 9.90 Å². The third-order valence-electron chi connectivity index (χ3n) is 5.37. The predicted molar refractivity (Wildman–Crippen MR) is 135 cm³/mol. The van der Waals surface area contributed by atoms with Crippen LogP contribution in [0.15, 0.2) is 40.9 Å². The molecule has 0 amide bonds. The van der Waals surface area contributed by atoms with E-state index < -0.39 is 23.5 Å². The van der Waals surface area contributed by atoms with Gasteiger partial charge in [-0.2, -0.15) is 0 Å². The average molecular weight is 505 g/mol. The third-order valence-corrected chi connectivity index (χ3v) is 5.90. The maximum atomic E-state index is 13.0. The summed E-state index contributed by atoms with van der Waals surface area (Å²) >= 11 is 3.49. The Bertz CT molecular complexity index is 925. The van der Waals surface area contributed by atoms with Crippen LogP contribution in [0.1, 0.15) is 90.5 Å². The Hall–Kier alpha value is -1.85. The van der Waals surface area contributed by atoms with Crippen LogP contribution in [0.2, 0.25) is 0 Å². The smallest absolute Gasteiger partial charge is 0.324 e. The summed E-state index contributed by atoms with van der Waals surface area (Å²) in [6.45, 7) is 17.9. The Balaban J connectivity index is 2.78. The summed E-state index contributed by atoms with van der Waals surface area (Å²) in [5.74, 6) is -0.581. The molecule has 2 aromatic carbocycles. The number of benzene rings is 2. The molecule has 0 radical (unpaired) electrons. The predicted octanol–water partition coefficient (Wildman–Crippen LogP) is 6.55. The van der Waals surface area contributed by atoms with Crippen LogP contribution in [0, 0.1) is 0 Å². The van der Waals surface area contributed by atoms with E-state index in [1.807, 2.05) is 57.2 Å². The molecular formula is C27H38BrNO3. The highest BCUT2D eigenvalue weighted by Gasteiger charge is 2.34. The molecule has 0 aromatic heterocycles. The van der Waals surface area contributed by atoms with Gasteiger partial charge >= 0.3 is 5.97 Å². The van der Waals surface area contributed by atoms with Gasteiger partial charge in [0.25, 0.3) is 0 Å². The van der Waals surface area contributed by atoms with Crippen LogP contribution in [0.5, 0.6) is 5.75 Å². The van der Waals surface area contributed by atoms with E-state index in [0.717, 1.165) is 26.7 Å². The first kappa shape index (κ1) is 26.4. The topological polar surface area (TPSA) is 72.5 Å². The number of esters is 1. The molecule has 0 aliphatic carbocycles. The number of phenolic OH excluding ortho intramolecular Hbond substituents is 1. The number of hydrogen-bond donors (Lipinski definition) is 2. The van der Waals surface area contributed by atoms with Crippen LogP contribution >= 0.6 is 15.9 Å². The molecule has 3 N–H and O–H groups in total. The lowest BCUT2D eigenvalue weighted by Crippen LogP contribution is -2.42. The molecule has 0 aliphatic heterocycles. The van der Waals surface area contributed by atoms with E-state index in [1.54, 1.807) is 0 Å². The Morgan fingerprint density at radius 3 is 1.69 bits per heavy atom. The second-order valence-electron chi connectivity index (χ2n) is 11.6. The van der Waals surface area contributed by atoms with Crippen molar-refractivity contribution < 1.29 is 14.6 Å². The molecule has 0 spiro atoms. The van der Waals surface area contributed by atoms with Gasteiger partial charge in [-0.3, -0.25) is 4.79 Å². The maximum absolute atomic E-state index is 13.0. The molecule has 2 atom stereocenters. The minimum absolute atomic E-state index is 0.291. The van der Waals surface area contributed by atoms with Crippen LogP contribution in [-0.2, 0) is 20.4 Å². The van der Waals surface area contributed by atoms with Crippen LogP contribution in [0.4, 0.5) is 0 Å². The first-order valence-electron chi connectivity index (χ1n) is 11.0. The molecule has 0 unspecified atom stereocenters. The molecule has 2 rings (SSSR count). The lowest BCUT2D eigenvalue weighted by atomic mass is 9.75. The van der Waals surface area contributed by atoms with Crippen molar-refractivity contribution in [3.8, 4) is 5.75 Å². The zero-order valence-corrected chi connectivity index (χ0v) is 22.4. The summed E-state index contributed by atoms with van der Waals surface area (Å²) in [4.78, 5) is 13.0. The van der Waals surface area contributed by atoms with Gasteiger partial charge in [-0.1, -0.05) is 81.7 Å². The molecule has 0 saturated heterocycles. The second-order valence-corrected chi connectivity index (χ2v) is 12.5. The molecule has 32 heavy (non-hydrogen) atoms. The lowest BCUT2D eigenvalue weighted by Gasteiger charge is -2.32. The number of halogens is 1. The molecule has 0 bridgehead atoms. The maximum Gasteiger partial charge on any atom is 0.324 e. The molecule has 0 saturated carbocycles. The van der Waals surface area contributed by atoms with Gasteiger partial charge in [0.2, 0.25) is 0 Å². The third kappa shape index (κ3) is 6.35. The van der Waals surface area contributed by atoms with Gasteiger partial charge in [0.05, 0.1) is 0 Å². The van der Waals surface area contributed by atoms with Gasteiger partial charge in [-0.25, -0.2) is 0 Å². The molecule has 4 nitrogen and oxygen atoms in total. The Labute approximate surface area is 201 Å². The van der Waals surface area contributed by atoms with Crippen molar-refractivity contribution in [1.29, 1.82) is 0 Å². The van der Waals surface area contributed by atoms with E-state index in [2.05, 4.69) is 57.5 Å². The van der Waals surface area contributed by atoms with E-state index >= 15 is 0 Å². The molecule has 5 heteroatoms. The van der Waals surface area contributed by atoms with Crippen molar-refractivity contribution in [1.82, 2.24) is 0 Å². The quantitative estimate of drug-likeness (QED) is 0.463. The standard InChI is InChI=1S/C27H38BrNO3/c1-25(2,3)19-14-17(15-20(23(19)30)26(4,5)6)21(16-10-12-18(28)13-11-16)22(29)24(31)32-27(7,8)9/h10-15,21-22,30H,29H2,1-9H3/t21-,22-/m0/s1. The van der Waals surface area contributed by atoms with Crippen molar-refractivity contribution in [2.45, 2.75) is 90.7 Å². The van der Waals surface area contributed by atoms with Gasteiger partial charge in [0.15, 0.2) is 0 Å². The zero-order valence-electron chi connectivity index (χ0n) is 20.8. The summed E-state index contributed by atoms with van der Waals surface area (Å²) in [5, 5.41) is 11.1. The molecule has 2 aromatic rings. The van der Waals surface area contributed by atoms with Gasteiger partial charge in [-0.05, 0) is 66.0 Å². The van der Waals surface area contributed by atoms with E-state index in [4.69, 9.17) is 10.5 Å². The Morgan fingerprint density at radius 2 is 1.31 bits per heavy atom. The van der Waals surface area contributed by atoms with Gasteiger partial charge < -0.3 is 15.6 Å². The second kappa shape index (κ2) is 9.18. The minimum Gasteiger partial charge on any atom is -0.507 e. The van der Waals surface area contributed by atoms with Gasteiger partial charge in [-0.15, -0.1) is 0 Å². The van der Waals surface area contributed by atoms with Crippen molar-refractivity contribution in [3.63, 3.8) is 0 Å². The zero-order chi connectivity index (χ0) is 24.6. The Morgan fingerprint density at radius 1 is 0.875 bits per heavy atom. The fourth-order valence-corrected chi connectivity index (χ4v) is 4.03. The number of hydrogen-bond acceptors (Lipinski definition) is 4. The molecular weight excluding hydrogens is 466 g/mol. The minimum atomic E-state index is -0.902. The number of aromatic hydroxyl groups is 1. The van der Waals surface area contributed by atoms with Gasteiger partial charge in [0.1, 0.15) is 17.4 Å². The summed E-state index contributed by atoms with van der Waals surface area (Å²) in [6.07, 6.45) is 0. The van der Waals surface area contributed by atoms with Crippen molar-refractivity contribution >= 4 is 21.9 Å². The highest BCUT2D eigenvalue weighted by atomic mass is 79.9. The number of carbonyl (C=O) groups excluding carboxylic acids is 1. The number of nitrogens with two attached hydrogens (primary N) is 1. The monoisotopic (exact) mass is 503 g/mol. The van der Waals surface area contributed by atoms with E-state index in [-0.39, 0.29) is 10.8 Å². The Kier molecular flexibility index (Phi) is 7.58. The summed E-state index contributed by atoms with van der Waals surface area (Å²) in [5.41, 5.74) is 8.82. The van der Waals surface area contributed by atoms with Crippen LogP contribution in [-0.4, -0.2) is 22.7 Å². The summed E-state index contributed by atoms with van der Waals surface area (Å²) in [6, 6.07) is 10.9. The van der Waals surface area contributed by atoms with Crippen molar-refractivity contribution in [3.05, 3.63) is 63.1 Å². The number of phenols is 1. The summed E-state index contributed by atoms with van der Waals surface area (Å²) in [7, 11) is 0. The lowest BCUT2D eigenvalue weighted by molar-refractivity contribution is -0.156. The van der Waals surface area contributed by atoms with Crippen LogP contribution in [0.25, 0.3) is 0 Å². The van der Waals surface area contributed by atoms with Crippen molar-refractivity contribution in [2.24, 2.45) is 5.73 Å². The first-order chi connectivity index (χ1) is 14.4. The number of carbonyl (C=O) groups is 1. The fourth-order valence-electron chi connectivity index (χ4n) is 3.76. The molecule has 0 aliphatic rings. The van der Waals surface area contributed by atoms with Crippen molar-refractivity contribution in [2.75, 3.05) is 0 Å². The normalized spacial score (nSPS) is 14.7. The largest absolute Gasteiger partial charge is 0.507 e. The number of ether oxygens (including phenoxy) is 1.